The van der Waals surface area contributed by atoms with Crippen molar-refractivity contribution in [3.8, 4) is 17.0 Å². The Bertz CT molecular complexity index is 1130. The van der Waals surface area contributed by atoms with Gasteiger partial charge in [-0.1, -0.05) is 6.92 Å². The quantitative estimate of drug-likeness (QED) is 0.466. The SMILES string of the molecule is C[C@H](CNc1cc(-c2cnc(NC3COC3)c(C=N)c2)ncn1)c1ccnc2c1OCC2. The minimum Gasteiger partial charge on any atom is -0.491 e. The molecule has 0 bridgehead atoms. The van der Waals surface area contributed by atoms with Crippen molar-refractivity contribution < 1.29 is 9.47 Å². The number of hydrogen-bond acceptors (Lipinski definition) is 9. The third-order valence-corrected chi connectivity index (χ3v) is 5.73. The van der Waals surface area contributed by atoms with Crippen molar-refractivity contribution in [2.75, 3.05) is 37.0 Å². The maximum atomic E-state index is 7.76. The summed E-state index contributed by atoms with van der Waals surface area (Å²) in [6, 6.07) is 6.08. The van der Waals surface area contributed by atoms with E-state index in [0.717, 1.165) is 40.5 Å². The first kappa shape index (κ1) is 20.3. The number of nitrogens with one attached hydrogen (secondary N) is 3. The number of aromatic nitrogens is 4. The van der Waals surface area contributed by atoms with Crippen molar-refractivity contribution in [1.29, 1.82) is 5.41 Å². The maximum Gasteiger partial charge on any atom is 0.144 e. The molecule has 3 aromatic rings. The van der Waals surface area contributed by atoms with Gasteiger partial charge in [0.15, 0.2) is 0 Å². The Morgan fingerprint density at radius 3 is 2.94 bits per heavy atom. The lowest BCUT2D eigenvalue weighted by Crippen LogP contribution is -2.40. The molecule has 164 valence electrons. The Morgan fingerprint density at radius 2 is 2.12 bits per heavy atom. The highest BCUT2D eigenvalue weighted by molar-refractivity contribution is 5.86. The second-order valence-corrected chi connectivity index (χ2v) is 8.03. The normalized spacial score (nSPS) is 15.9. The van der Waals surface area contributed by atoms with E-state index >= 15 is 0 Å². The van der Waals surface area contributed by atoms with Crippen LogP contribution in [0.2, 0.25) is 0 Å². The molecule has 0 amide bonds. The molecular weight excluding hydrogens is 406 g/mol. The predicted molar refractivity (Wildman–Crippen MR) is 122 cm³/mol. The van der Waals surface area contributed by atoms with Crippen LogP contribution in [0.25, 0.3) is 11.3 Å². The van der Waals surface area contributed by atoms with E-state index in [0.29, 0.717) is 37.7 Å². The molecule has 5 rings (SSSR count). The Labute approximate surface area is 186 Å². The van der Waals surface area contributed by atoms with Crippen molar-refractivity contribution in [1.82, 2.24) is 19.9 Å². The highest BCUT2D eigenvalue weighted by Crippen LogP contribution is 2.33. The van der Waals surface area contributed by atoms with Gasteiger partial charge in [0.1, 0.15) is 23.7 Å². The lowest BCUT2D eigenvalue weighted by atomic mass is 10.00. The molecule has 0 unspecified atom stereocenters. The summed E-state index contributed by atoms with van der Waals surface area (Å²) in [6.07, 6.45) is 7.33. The Hall–Kier alpha value is -3.59. The zero-order valence-corrected chi connectivity index (χ0v) is 17.8. The third kappa shape index (κ3) is 4.11. The van der Waals surface area contributed by atoms with E-state index in [-0.39, 0.29) is 12.0 Å². The van der Waals surface area contributed by atoms with Crippen LogP contribution in [0.1, 0.15) is 29.7 Å². The molecule has 0 aromatic carbocycles. The summed E-state index contributed by atoms with van der Waals surface area (Å²) in [5.74, 6) is 2.58. The van der Waals surface area contributed by atoms with E-state index in [2.05, 4.69) is 37.5 Å². The average Bonchev–Trinajstić information content (AvgIpc) is 3.29. The van der Waals surface area contributed by atoms with Crippen LogP contribution < -0.4 is 15.4 Å². The average molecular weight is 432 g/mol. The number of pyridine rings is 2. The fourth-order valence-corrected chi connectivity index (χ4v) is 3.84. The smallest absolute Gasteiger partial charge is 0.144 e. The molecule has 2 aliphatic rings. The summed E-state index contributed by atoms with van der Waals surface area (Å²) in [6.45, 7) is 4.88. The van der Waals surface area contributed by atoms with E-state index < -0.39 is 0 Å². The first-order valence-corrected chi connectivity index (χ1v) is 10.7. The summed E-state index contributed by atoms with van der Waals surface area (Å²) in [5, 5.41) is 14.5. The van der Waals surface area contributed by atoms with Gasteiger partial charge < -0.3 is 25.5 Å². The Morgan fingerprint density at radius 1 is 1.22 bits per heavy atom. The molecule has 1 fully saturated rings. The van der Waals surface area contributed by atoms with Gasteiger partial charge >= 0.3 is 0 Å². The van der Waals surface area contributed by atoms with Crippen molar-refractivity contribution in [3.05, 3.63) is 53.7 Å². The van der Waals surface area contributed by atoms with Gasteiger partial charge in [0.05, 0.1) is 37.3 Å². The summed E-state index contributed by atoms with van der Waals surface area (Å²) in [4.78, 5) is 17.7. The second-order valence-electron chi connectivity index (χ2n) is 8.03. The standard InChI is InChI=1S/C23H25N7O2/c1-14(18-2-4-25-19-3-5-32-22(18)19)9-26-21-7-20(28-13-29-21)16-6-15(8-24)23(27-10-16)30-17-11-31-12-17/h2,4,6-8,10,13-14,17,24H,3,5,9,11-12H2,1H3,(H,27,30)(H,26,28,29)/t14-/m1/s1. The van der Waals surface area contributed by atoms with E-state index in [1.165, 1.54) is 12.5 Å². The fraction of sp³-hybridized carbons (Fsp3) is 0.348. The highest BCUT2D eigenvalue weighted by Gasteiger charge is 2.21. The number of ether oxygens (including phenoxy) is 2. The molecule has 3 aromatic heterocycles. The zero-order chi connectivity index (χ0) is 21.9. The molecule has 3 N–H and O–H groups in total. The van der Waals surface area contributed by atoms with E-state index in [1.807, 2.05) is 24.4 Å². The zero-order valence-electron chi connectivity index (χ0n) is 17.8. The van der Waals surface area contributed by atoms with Gasteiger partial charge in [-0.3, -0.25) is 4.98 Å². The molecule has 0 radical (unpaired) electrons. The van der Waals surface area contributed by atoms with Gasteiger partial charge in [0.2, 0.25) is 0 Å². The molecule has 32 heavy (non-hydrogen) atoms. The van der Waals surface area contributed by atoms with Crippen LogP contribution in [0, 0.1) is 5.41 Å². The maximum absolute atomic E-state index is 7.76. The van der Waals surface area contributed by atoms with Gasteiger partial charge in [-0.05, 0) is 12.1 Å². The summed E-state index contributed by atoms with van der Waals surface area (Å²) in [7, 11) is 0. The molecule has 0 aliphatic carbocycles. The van der Waals surface area contributed by atoms with E-state index in [9.17, 15) is 0 Å². The van der Waals surface area contributed by atoms with Gasteiger partial charge in [0.25, 0.3) is 0 Å². The van der Waals surface area contributed by atoms with Crippen molar-refractivity contribution >= 4 is 17.9 Å². The number of fused-ring (bicyclic) bond motifs is 1. The number of rotatable bonds is 8. The van der Waals surface area contributed by atoms with Gasteiger partial charge in [0, 0.05) is 60.2 Å². The fourth-order valence-electron chi connectivity index (χ4n) is 3.84. The van der Waals surface area contributed by atoms with Crippen LogP contribution in [-0.4, -0.2) is 58.6 Å². The summed E-state index contributed by atoms with van der Waals surface area (Å²) in [5.41, 5.74) is 4.49. The molecule has 9 nitrogen and oxygen atoms in total. The van der Waals surface area contributed by atoms with Crippen molar-refractivity contribution in [2.45, 2.75) is 25.3 Å². The summed E-state index contributed by atoms with van der Waals surface area (Å²) >= 11 is 0. The van der Waals surface area contributed by atoms with Gasteiger partial charge in [-0.25, -0.2) is 15.0 Å². The van der Waals surface area contributed by atoms with Crippen molar-refractivity contribution in [2.24, 2.45) is 0 Å². The molecule has 2 aliphatic heterocycles. The van der Waals surface area contributed by atoms with E-state index in [4.69, 9.17) is 14.9 Å². The van der Waals surface area contributed by atoms with E-state index in [1.54, 1.807) is 6.20 Å². The first-order valence-electron chi connectivity index (χ1n) is 10.7. The first-order chi connectivity index (χ1) is 15.7. The molecule has 0 spiro atoms. The molecular formula is C23H25N7O2. The van der Waals surface area contributed by atoms with Gasteiger partial charge in [-0.2, -0.15) is 0 Å². The Kier molecular flexibility index (Phi) is 5.64. The van der Waals surface area contributed by atoms with Crippen LogP contribution >= 0.6 is 0 Å². The number of hydrogen-bond donors (Lipinski definition) is 3. The van der Waals surface area contributed by atoms with Crippen LogP contribution in [0.15, 0.2) is 36.9 Å². The molecule has 5 heterocycles. The second kappa shape index (κ2) is 8.88. The Balaban J connectivity index is 1.29. The highest BCUT2D eigenvalue weighted by atomic mass is 16.5. The third-order valence-electron chi connectivity index (χ3n) is 5.73. The number of anilines is 2. The molecule has 0 saturated carbocycles. The lowest BCUT2D eigenvalue weighted by Gasteiger charge is -2.27. The van der Waals surface area contributed by atoms with Crippen molar-refractivity contribution in [3.63, 3.8) is 0 Å². The minimum atomic E-state index is 0.232. The topological polar surface area (TPSA) is 118 Å². The van der Waals surface area contributed by atoms with Crippen LogP contribution in [0.4, 0.5) is 11.6 Å². The summed E-state index contributed by atoms with van der Waals surface area (Å²) < 4.78 is 11.0. The minimum absolute atomic E-state index is 0.232. The van der Waals surface area contributed by atoms with Crippen LogP contribution in [-0.2, 0) is 11.2 Å². The molecule has 1 saturated heterocycles. The van der Waals surface area contributed by atoms with Crippen LogP contribution in [0.5, 0.6) is 5.75 Å². The molecule has 9 heteroatoms. The number of nitrogens with zero attached hydrogens (tertiary/aromatic N) is 4. The predicted octanol–water partition coefficient (Wildman–Crippen LogP) is 2.89. The monoisotopic (exact) mass is 431 g/mol. The molecule has 1 atom stereocenters. The largest absolute Gasteiger partial charge is 0.491 e. The van der Waals surface area contributed by atoms with Crippen LogP contribution in [0.3, 0.4) is 0 Å². The lowest BCUT2D eigenvalue weighted by molar-refractivity contribution is 0.0209. The van der Waals surface area contributed by atoms with Gasteiger partial charge in [-0.15, -0.1) is 0 Å².